The fraction of sp³-hybridized carbons (Fsp3) is 0.417. The second kappa shape index (κ2) is 5.49. The van der Waals surface area contributed by atoms with Gasteiger partial charge in [0.25, 0.3) is 0 Å². The molecule has 0 aliphatic rings. The zero-order chi connectivity index (χ0) is 12.1. The van der Waals surface area contributed by atoms with Crippen molar-refractivity contribution in [2.45, 2.75) is 26.3 Å². The largest absolute Gasteiger partial charge is 0.469 e. The monoisotopic (exact) mass is 225 g/mol. The van der Waals surface area contributed by atoms with E-state index in [1.165, 1.54) is 13.2 Å². The van der Waals surface area contributed by atoms with E-state index in [0.717, 1.165) is 5.69 Å². The lowest BCUT2D eigenvalue weighted by Gasteiger charge is -2.14. The average molecular weight is 225 g/mol. The number of nitrogens with one attached hydrogen (secondary N) is 1. The third kappa shape index (κ3) is 3.53. The van der Waals surface area contributed by atoms with E-state index in [-0.39, 0.29) is 24.2 Å². The van der Waals surface area contributed by atoms with Crippen LogP contribution in [0.25, 0.3) is 0 Å². The summed E-state index contributed by atoms with van der Waals surface area (Å²) in [5.74, 6) is -0.495. The van der Waals surface area contributed by atoms with Gasteiger partial charge in [0.1, 0.15) is 5.82 Å². The van der Waals surface area contributed by atoms with Gasteiger partial charge >= 0.3 is 5.97 Å². The first kappa shape index (κ1) is 12.5. The predicted molar refractivity (Wildman–Crippen MR) is 60.9 cm³/mol. The molecule has 0 radical (unpaired) electrons. The number of rotatable bonds is 4. The summed E-state index contributed by atoms with van der Waals surface area (Å²) in [4.78, 5) is 11.0. The first-order valence-corrected chi connectivity index (χ1v) is 5.12. The first-order chi connectivity index (χ1) is 7.52. The molecule has 88 valence electrons. The van der Waals surface area contributed by atoms with Crippen molar-refractivity contribution in [1.82, 2.24) is 0 Å². The number of anilines is 1. The molecule has 0 amide bonds. The number of hydrogen-bond donors (Lipinski definition) is 1. The van der Waals surface area contributed by atoms with Gasteiger partial charge < -0.3 is 10.1 Å². The number of benzene rings is 1. The van der Waals surface area contributed by atoms with E-state index < -0.39 is 0 Å². The second-order valence-corrected chi connectivity index (χ2v) is 3.79. The minimum absolute atomic E-state index is 0.0442. The average Bonchev–Trinajstić information content (AvgIpc) is 2.23. The first-order valence-electron chi connectivity index (χ1n) is 5.12. The Balaban J connectivity index is 2.59. The van der Waals surface area contributed by atoms with Crippen LogP contribution in [0, 0.1) is 12.7 Å². The van der Waals surface area contributed by atoms with Crippen LogP contribution in [0.5, 0.6) is 0 Å². The Labute approximate surface area is 94.6 Å². The zero-order valence-corrected chi connectivity index (χ0v) is 9.71. The quantitative estimate of drug-likeness (QED) is 0.800. The molecular formula is C12H16FNO2. The Morgan fingerprint density at radius 2 is 2.25 bits per heavy atom. The highest BCUT2D eigenvalue weighted by Crippen LogP contribution is 2.15. The summed E-state index contributed by atoms with van der Waals surface area (Å²) in [6, 6.07) is 4.72. The molecule has 0 heterocycles. The van der Waals surface area contributed by atoms with E-state index in [1.807, 2.05) is 6.92 Å². The standard InChI is InChI=1S/C12H16FNO2/c1-8-6-10(4-5-11(8)13)14-9(2)7-12(15)16-3/h4-6,9,14H,7H2,1-3H3. The fourth-order valence-electron chi connectivity index (χ4n) is 1.40. The van der Waals surface area contributed by atoms with E-state index in [4.69, 9.17) is 0 Å². The van der Waals surface area contributed by atoms with Crippen molar-refractivity contribution in [1.29, 1.82) is 0 Å². The number of aryl methyl sites for hydroxylation is 1. The molecule has 0 bridgehead atoms. The molecule has 16 heavy (non-hydrogen) atoms. The molecule has 0 aliphatic heterocycles. The normalized spacial score (nSPS) is 12.0. The molecule has 1 rings (SSSR count). The number of halogens is 1. The van der Waals surface area contributed by atoms with Crippen molar-refractivity contribution in [2.75, 3.05) is 12.4 Å². The molecule has 0 aliphatic carbocycles. The molecule has 1 aromatic carbocycles. The van der Waals surface area contributed by atoms with Crippen LogP contribution in [0.2, 0.25) is 0 Å². The van der Waals surface area contributed by atoms with Crippen LogP contribution in [-0.2, 0) is 9.53 Å². The van der Waals surface area contributed by atoms with Crippen molar-refractivity contribution in [3.05, 3.63) is 29.6 Å². The maximum absolute atomic E-state index is 13.0. The lowest BCUT2D eigenvalue weighted by molar-refractivity contribution is -0.140. The van der Waals surface area contributed by atoms with Crippen LogP contribution >= 0.6 is 0 Å². The molecule has 0 aromatic heterocycles. The number of carbonyl (C=O) groups excluding carboxylic acids is 1. The maximum Gasteiger partial charge on any atom is 0.307 e. The molecule has 1 aromatic rings. The Morgan fingerprint density at radius 1 is 1.56 bits per heavy atom. The summed E-state index contributed by atoms with van der Waals surface area (Å²) in [6.07, 6.45) is 0.285. The van der Waals surface area contributed by atoms with Crippen LogP contribution in [0.3, 0.4) is 0 Å². The van der Waals surface area contributed by atoms with E-state index >= 15 is 0 Å². The minimum Gasteiger partial charge on any atom is -0.469 e. The molecular weight excluding hydrogens is 209 g/mol. The van der Waals surface area contributed by atoms with Gasteiger partial charge in [0.05, 0.1) is 13.5 Å². The van der Waals surface area contributed by atoms with E-state index in [1.54, 1.807) is 19.1 Å². The van der Waals surface area contributed by atoms with Crippen molar-refractivity contribution in [2.24, 2.45) is 0 Å². The Bertz CT molecular complexity index is 379. The molecule has 4 heteroatoms. The SMILES string of the molecule is COC(=O)CC(C)Nc1ccc(F)c(C)c1. The molecule has 0 spiro atoms. The Hall–Kier alpha value is -1.58. The van der Waals surface area contributed by atoms with Crippen LogP contribution in [0.1, 0.15) is 18.9 Å². The highest BCUT2D eigenvalue weighted by atomic mass is 19.1. The van der Waals surface area contributed by atoms with E-state index in [9.17, 15) is 9.18 Å². The Kier molecular flexibility index (Phi) is 4.28. The molecule has 1 unspecified atom stereocenters. The predicted octanol–water partition coefficient (Wildman–Crippen LogP) is 2.50. The second-order valence-electron chi connectivity index (χ2n) is 3.79. The van der Waals surface area contributed by atoms with Gasteiger partial charge in [-0.2, -0.15) is 0 Å². The van der Waals surface area contributed by atoms with Crippen molar-refractivity contribution >= 4 is 11.7 Å². The number of methoxy groups -OCH3 is 1. The minimum atomic E-state index is -0.265. The molecule has 0 saturated carbocycles. The zero-order valence-electron chi connectivity index (χ0n) is 9.71. The van der Waals surface area contributed by atoms with Gasteiger partial charge in [0.15, 0.2) is 0 Å². The van der Waals surface area contributed by atoms with Gasteiger partial charge in [-0.25, -0.2) is 4.39 Å². The number of ether oxygens (including phenoxy) is 1. The smallest absolute Gasteiger partial charge is 0.307 e. The molecule has 1 atom stereocenters. The number of esters is 1. The third-order valence-electron chi connectivity index (χ3n) is 2.27. The van der Waals surface area contributed by atoms with Crippen LogP contribution < -0.4 is 5.32 Å². The summed E-state index contributed by atoms with van der Waals surface area (Å²) in [5, 5.41) is 3.11. The summed E-state index contributed by atoms with van der Waals surface area (Å²) >= 11 is 0. The van der Waals surface area contributed by atoms with E-state index in [0.29, 0.717) is 5.56 Å². The van der Waals surface area contributed by atoms with Gasteiger partial charge in [0, 0.05) is 11.7 Å². The van der Waals surface area contributed by atoms with Crippen LogP contribution in [0.15, 0.2) is 18.2 Å². The third-order valence-corrected chi connectivity index (χ3v) is 2.27. The summed E-state index contributed by atoms with van der Waals surface area (Å²) in [7, 11) is 1.36. The molecule has 1 N–H and O–H groups in total. The summed E-state index contributed by atoms with van der Waals surface area (Å²) in [5.41, 5.74) is 1.38. The molecule has 0 saturated heterocycles. The van der Waals surface area contributed by atoms with Crippen LogP contribution in [-0.4, -0.2) is 19.1 Å². The Morgan fingerprint density at radius 3 is 2.81 bits per heavy atom. The highest BCUT2D eigenvalue weighted by Gasteiger charge is 2.09. The lowest BCUT2D eigenvalue weighted by atomic mass is 10.2. The van der Waals surface area contributed by atoms with Gasteiger partial charge in [0.2, 0.25) is 0 Å². The fourth-order valence-corrected chi connectivity index (χ4v) is 1.40. The highest BCUT2D eigenvalue weighted by molar-refractivity contribution is 5.70. The topological polar surface area (TPSA) is 38.3 Å². The van der Waals surface area contributed by atoms with Gasteiger partial charge in [-0.05, 0) is 37.6 Å². The summed E-state index contributed by atoms with van der Waals surface area (Å²) in [6.45, 7) is 3.57. The van der Waals surface area contributed by atoms with Gasteiger partial charge in [-0.3, -0.25) is 4.79 Å². The van der Waals surface area contributed by atoms with Crippen molar-refractivity contribution in [3.8, 4) is 0 Å². The molecule has 0 fully saturated rings. The number of carbonyl (C=O) groups is 1. The van der Waals surface area contributed by atoms with Crippen molar-refractivity contribution < 1.29 is 13.9 Å². The summed E-state index contributed by atoms with van der Waals surface area (Å²) < 4.78 is 17.6. The van der Waals surface area contributed by atoms with Crippen LogP contribution in [0.4, 0.5) is 10.1 Å². The van der Waals surface area contributed by atoms with Crippen molar-refractivity contribution in [3.63, 3.8) is 0 Å². The number of hydrogen-bond acceptors (Lipinski definition) is 3. The maximum atomic E-state index is 13.0. The van der Waals surface area contributed by atoms with E-state index in [2.05, 4.69) is 10.1 Å². The van der Waals surface area contributed by atoms with Gasteiger partial charge in [-0.15, -0.1) is 0 Å². The lowest BCUT2D eigenvalue weighted by Crippen LogP contribution is -2.20. The molecule has 3 nitrogen and oxygen atoms in total. The van der Waals surface area contributed by atoms with Gasteiger partial charge in [-0.1, -0.05) is 0 Å².